The van der Waals surface area contributed by atoms with Crippen LogP contribution in [0.2, 0.25) is 0 Å². The highest BCUT2D eigenvalue weighted by Gasteiger charge is 2.24. The van der Waals surface area contributed by atoms with Gasteiger partial charge < -0.3 is 26.9 Å². The van der Waals surface area contributed by atoms with E-state index in [4.69, 9.17) is 11.7 Å². The van der Waals surface area contributed by atoms with Crippen LogP contribution in [0.1, 0.15) is 90.2 Å². The van der Waals surface area contributed by atoms with E-state index in [9.17, 15) is 0 Å². The number of hydrogen-bond acceptors (Lipinski definition) is 4. The molecule has 0 spiro atoms. The summed E-state index contributed by atoms with van der Waals surface area (Å²) in [4.78, 5) is 0. The normalized spacial score (nSPS) is 10.7. The Labute approximate surface area is 236 Å². The Balaban J connectivity index is 0.000000538. The predicted molar refractivity (Wildman–Crippen MR) is 171 cm³/mol. The molecule has 0 aliphatic carbocycles. The summed E-state index contributed by atoms with van der Waals surface area (Å²) in [5.74, 6) is 1.93. The minimum atomic E-state index is 0.941. The van der Waals surface area contributed by atoms with Crippen LogP contribution in [0.4, 0.5) is 0 Å². The van der Waals surface area contributed by atoms with Gasteiger partial charge in [0.15, 0.2) is 0 Å². The van der Waals surface area contributed by atoms with Crippen LogP contribution in [0.3, 0.4) is 0 Å². The Kier molecular flexibility index (Phi) is 25.3. The van der Waals surface area contributed by atoms with E-state index in [1.807, 2.05) is 36.4 Å². The van der Waals surface area contributed by atoms with Crippen molar-refractivity contribution in [1.29, 1.82) is 0 Å². The van der Waals surface area contributed by atoms with E-state index in [0.29, 0.717) is 0 Å². The van der Waals surface area contributed by atoms with Crippen molar-refractivity contribution in [2.24, 2.45) is 0 Å². The van der Waals surface area contributed by atoms with E-state index in [1.54, 1.807) is 10.8 Å². The summed E-state index contributed by atoms with van der Waals surface area (Å²) in [6.45, 7) is 15.0. The van der Waals surface area contributed by atoms with Crippen molar-refractivity contribution in [1.82, 2.24) is 0 Å². The Morgan fingerprint density at radius 2 is 0.943 bits per heavy atom. The molecule has 0 bridgehead atoms. The van der Waals surface area contributed by atoms with Crippen molar-refractivity contribution >= 4 is 44.9 Å². The molecule has 0 N–H and O–H groups in total. The molecule has 2 aromatic carbocycles. The molecule has 0 saturated carbocycles. The van der Waals surface area contributed by atoms with Gasteiger partial charge >= 0.3 is 0 Å². The molecule has 0 radical (unpaired) electrons. The predicted octanol–water partition coefficient (Wildman–Crippen LogP) is 10.1. The van der Waals surface area contributed by atoms with Crippen molar-refractivity contribution < 1.29 is 4.48 Å². The second-order valence-corrected chi connectivity index (χ2v) is 11.7. The van der Waals surface area contributed by atoms with Crippen molar-refractivity contribution in [3.05, 3.63) is 71.8 Å². The maximum absolute atomic E-state index is 4.75. The Morgan fingerprint density at radius 3 is 1.23 bits per heavy atom. The Hall–Kier alpha value is -0.200. The van der Waals surface area contributed by atoms with Gasteiger partial charge in [0.1, 0.15) is 0 Å². The molecular weight excluding hydrogens is 503 g/mol. The van der Waals surface area contributed by atoms with Crippen molar-refractivity contribution in [3.63, 3.8) is 0 Å². The molecule has 2 rings (SSSR count). The number of thiol groups is 1. The lowest BCUT2D eigenvalue weighted by Crippen LogP contribution is -2.50. The molecule has 0 aliphatic rings. The summed E-state index contributed by atoms with van der Waals surface area (Å²) in [7, 11) is 2.99. The fourth-order valence-corrected chi connectivity index (χ4v) is 5.46. The highest BCUT2D eigenvalue weighted by Crippen LogP contribution is 2.16. The van der Waals surface area contributed by atoms with Gasteiger partial charge in [-0.15, -0.1) is 11.7 Å². The molecule has 0 heterocycles. The quantitative estimate of drug-likeness (QED) is 0.0951. The zero-order chi connectivity index (χ0) is 26.0. The van der Waals surface area contributed by atoms with E-state index in [2.05, 4.69) is 63.6 Å². The van der Waals surface area contributed by atoms with E-state index in [0.717, 1.165) is 11.5 Å². The maximum atomic E-state index is 4.75. The minimum absolute atomic E-state index is 0.941. The van der Waals surface area contributed by atoms with Crippen LogP contribution in [-0.2, 0) is 23.2 Å². The van der Waals surface area contributed by atoms with Gasteiger partial charge in [0.25, 0.3) is 0 Å². The molecule has 0 fully saturated rings. The molecule has 35 heavy (non-hydrogen) atoms. The molecule has 1 nitrogen and oxygen atoms in total. The summed E-state index contributed by atoms with van der Waals surface area (Å²) < 4.78 is 1.42. The third kappa shape index (κ3) is 19.6. The van der Waals surface area contributed by atoms with E-state index >= 15 is 0 Å². The summed E-state index contributed by atoms with van der Waals surface area (Å²) in [5, 5.41) is 0. The van der Waals surface area contributed by atoms with Gasteiger partial charge in [0, 0.05) is 5.75 Å². The summed E-state index contributed by atoms with van der Waals surface area (Å²) in [5.41, 5.74) is 2.63. The first kappa shape index (κ1) is 34.8. The monoisotopic (exact) mass is 553 g/mol. The van der Waals surface area contributed by atoms with E-state index < -0.39 is 0 Å². The highest BCUT2D eigenvalue weighted by molar-refractivity contribution is 8.68. The fourth-order valence-electron chi connectivity index (χ4n) is 3.94. The van der Waals surface area contributed by atoms with Crippen molar-refractivity contribution in [2.75, 3.05) is 26.2 Å². The van der Waals surface area contributed by atoms with Gasteiger partial charge in [-0.2, -0.15) is 0 Å². The lowest BCUT2D eigenvalue weighted by molar-refractivity contribution is -0.929. The SMILES string of the molecule is CCCC[N+](CCCC)(CCCC)CCCC.SSCc1ccccc1.[S-]SCc1ccccc1. The summed E-state index contributed by atoms with van der Waals surface area (Å²) in [6.07, 6.45) is 11.1. The summed E-state index contributed by atoms with van der Waals surface area (Å²) >= 11 is 8.80. The molecule has 200 valence electrons. The average Bonchev–Trinajstić information content (AvgIpc) is 2.90. The molecule has 0 aromatic heterocycles. The first-order valence-electron chi connectivity index (χ1n) is 13.5. The second kappa shape index (κ2) is 25.4. The molecule has 0 amide bonds. The van der Waals surface area contributed by atoms with E-state index in [-0.39, 0.29) is 0 Å². The van der Waals surface area contributed by atoms with Crippen molar-refractivity contribution in [3.8, 4) is 0 Å². The molecule has 5 heteroatoms. The Bertz CT molecular complexity index is 588. The highest BCUT2D eigenvalue weighted by atomic mass is 33.1. The van der Waals surface area contributed by atoms with Crippen LogP contribution in [0.15, 0.2) is 60.7 Å². The maximum Gasteiger partial charge on any atom is 0.0786 e. The smallest absolute Gasteiger partial charge is 0.0786 e. The summed E-state index contributed by atoms with van der Waals surface area (Å²) in [6, 6.07) is 20.5. The number of hydrogen-bond donors (Lipinski definition) is 1. The van der Waals surface area contributed by atoms with Gasteiger partial charge in [-0.3, -0.25) is 0 Å². The van der Waals surface area contributed by atoms with E-state index in [1.165, 1.54) is 104 Å². The van der Waals surface area contributed by atoms with Gasteiger partial charge in [0.05, 0.1) is 26.2 Å². The second-order valence-electron chi connectivity index (χ2n) is 9.16. The largest absolute Gasteiger partial charge is 0.719 e. The number of benzene rings is 2. The zero-order valence-electron chi connectivity index (χ0n) is 22.8. The molecule has 0 unspecified atom stereocenters. The average molecular weight is 554 g/mol. The minimum Gasteiger partial charge on any atom is -0.719 e. The van der Waals surface area contributed by atoms with Crippen LogP contribution in [0, 0.1) is 0 Å². The Morgan fingerprint density at radius 1 is 0.600 bits per heavy atom. The third-order valence-electron chi connectivity index (χ3n) is 6.09. The molecule has 0 aliphatic heterocycles. The molecule has 0 atom stereocenters. The van der Waals surface area contributed by atoms with Crippen LogP contribution in [0.5, 0.6) is 0 Å². The lowest BCUT2D eigenvalue weighted by atomic mass is 10.1. The number of rotatable bonds is 16. The first-order chi connectivity index (χ1) is 17.1. The number of unbranched alkanes of at least 4 members (excludes halogenated alkanes) is 4. The third-order valence-corrected chi connectivity index (χ3v) is 7.74. The number of quaternary nitrogens is 1. The molecular formula is C30H51NS4. The first-order valence-corrected chi connectivity index (χ1v) is 17.5. The van der Waals surface area contributed by atoms with Gasteiger partial charge in [-0.1, -0.05) is 125 Å². The van der Waals surface area contributed by atoms with Crippen LogP contribution in [0.25, 0.3) is 0 Å². The number of nitrogens with zero attached hydrogens (tertiary/aromatic N) is 1. The van der Waals surface area contributed by atoms with Gasteiger partial charge in [0.2, 0.25) is 0 Å². The van der Waals surface area contributed by atoms with Crippen LogP contribution < -0.4 is 0 Å². The molecule has 2 aromatic rings. The van der Waals surface area contributed by atoms with Crippen LogP contribution >= 0.6 is 33.2 Å². The molecule has 0 saturated heterocycles. The van der Waals surface area contributed by atoms with Crippen LogP contribution in [-0.4, -0.2) is 30.7 Å². The van der Waals surface area contributed by atoms with Gasteiger partial charge in [-0.05, 0) is 42.6 Å². The standard InChI is InChI=1S/C16H36N.2C7H8S2/c1-5-9-13-17(14-10-6-2,15-11-7-3)16-12-8-4;2*8-9-6-7-4-2-1-3-5-7/h5-16H2,1-4H3;2*1-5,8H,6H2/q+1;;/p-1. The van der Waals surface area contributed by atoms with Gasteiger partial charge in [-0.25, -0.2) is 0 Å². The topological polar surface area (TPSA) is 0 Å². The zero-order valence-corrected chi connectivity index (χ0v) is 26.1. The van der Waals surface area contributed by atoms with Crippen molar-refractivity contribution in [2.45, 2.75) is 90.6 Å². The fraction of sp³-hybridized carbons (Fsp3) is 0.600. The lowest BCUT2D eigenvalue weighted by Gasteiger charge is -2.39.